The summed E-state index contributed by atoms with van der Waals surface area (Å²) in [6, 6.07) is 3.75. The molecule has 1 N–H and O–H groups in total. The normalized spacial score (nSPS) is 10.6. The number of carboxylic acid groups (broad SMARTS) is 1. The second-order valence-electron chi connectivity index (χ2n) is 3.56. The molecule has 0 unspecified atom stereocenters. The average Bonchev–Trinajstić information content (AvgIpc) is 2.16. The molecular weight excluding hydrogens is 178 g/mol. The van der Waals surface area contributed by atoms with Gasteiger partial charge < -0.3 is 5.11 Å². The van der Waals surface area contributed by atoms with Crippen LogP contribution in [-0.4, -0.2) is 16.1 Å². The number of carbonyl (C=O) groups is 1. The van der Waals surface area contributed by atoms with Crippen molar-refractivity contribution >= 4 is 5.97 Å². The van der Waals surface area contributed by atoms with Gasteiger partial charge in [0.05, 0.1) is 0 Å². The molecule has 76 valence electrons. The van der Waals surface area contributed by atoms with Crippen LogP contribution >= 0.6 is 0 Å². The summed E-state index contributed by atoms with van der Waals surface area (Å²) < 4.78 is 0. The zero-order valence-corrected chi connectivity index (χ0v) is 8.74. The highest BCUT2D eigenvalue weighted by Gasteiger charge is 2.12. The van der Waals surface area contributed by atoms with Crippen LogP contribution in [0.25, 0.3) is 0 Å². The second kappa shape index (κ2) is 4.22. The molecule has 1 aromatic heterocycles. The average molecular weight is 193 g/mol. The third kappa shape index (κ3) is 2.10. The number of pyridine rings is 1. The van der Waals surface area contributed by atoms with Gasteiger partial charge >= 0.3 is 5.97 Å². The zero-order valence-electron chi connectivity index (χ0n) is 8.74. The van der Waals surface area contributed by atoms with Crippen LogP contribution in [0.5, 0.6) is 0 Å². The van der Waals surface area contributed by atoms with E-state index >= 15 is 0 Å². The van der Waals surface area contributed by atoms with E-state index in [1.165, 1.54) is 0 Å². The number of aromatic nitrogens is 1. The van der Waals surface area contributed by atoms with Crippen molar-refractivity contribution in [1.82, 2.24) is 4.98 Å². The first-order valence-electron chi connectivity index (χ1n) is 4.79. The minimum atomic E-state index is -0.940. The van der Waals surface area contributed by atoms with E-state index in [4.69, 9.17) is 5.11 Å². The highest BCUT2D eigenvalue weighted by Crippen LogP contribution is 2.15. The molecule has 0 saturated carbocycles. The van der Waals surface area contributed by atoms with Gasteiger partial charge in [-0.05, 0) is 24.0 Å². The minimum Gasteiger partial charge on any atom is -0.477 e. The fraction of sp³-hybridized carbons (Fsp3) is 0.455. The van der Waals surface area contributed by atoms with Gasteiger partial charge in [0.2, 0.25) is 0 Å². The minimum absolute atomic E-state index is 0.193. The van der Waals surface area contributed by atoms with Gasteiger partial charge in [-0.1, -0.05) is 26.8 Å². The summed E-state index contributed by atoms with van der Waals surface area (Å²) in [6.07, 6.45) is 0.701. The lowest BCUT2D eigenvalue weighted by molar-refractivity contribution is 0.0689. The van der Waals surface area contributed by atoms with Gasteiger partial charge in [-0.25, -0.2) is 9.78 Å². The van der Waals surface area contributed by atoms with Gasteiger partial charge in [-0.3, -0.25) is 0 Å². The summed E-state index contributed by atoms with van der Waals surface area (Å²) in [7, 11) is 0. The first kappa shape index (κ1) is 10.7. The molecule has 3 nitrogen and oxygen atoms in total. The van der Waals surface area contributed by atoms with E-state index in [1.807, 2.05) is 32.9 Å². The molecule has 0 radical (unpaired) electrons. The Hall–Kier alpha value is -1.38. The maximum atomic E-state index is 10.9. The molecule has 3 heteroatoms. The summed E-state index contributed by atoms with van der Waals surface area (Å²) >= 11 is 0. The molecule has 0 saturated heterocycles. The van der Waals surface area contributed by atoms with E-state index in [0.29, 0.717) is 6.42 Å². The van der Waals surface area contributed by atoms with Crippen LogP contribution in [0.3, 0.4) is 0 Å². The Morgan fingerprint density at radius 1 is 1.50 bits per heavy atom. The molecule has 0 fully saturated rings. The molecule has 1 rings (SSSR count). The van der Waals surface area contributed by atoms with Gasteiger partial charge in [0.25, 0.3) is 0 Å². The molecule has 0 atom stereocenters. The molecule has 14 heavy (non-hydrogen) atoms. The Kier molecular flexibility index (Phi) is 3.23. The van der Waals surface area contributed by atoms with Crippen molar-refractivity contribution in [2.75, 3.05) is 0 Å². The number of carboxylic acids is 1. The highest BCUT2D eigenvalue weighted by atomic mass is 16.4. The van der Waals surface area contributed by atoms with Crippen molar-refractivity contribution in [3.63, 3.8) is 0 Å². The molecule has 1 aromatic rings. The van der Waals surface area contributed by atoms with E-state index in [1.54, 1.807) is 0 Å². The fourth-order valence-electron chi connectivity index (χ4n) is 1.30. The smallest absolute Gasteiger partial charge is 0.354 e. The number of hydrogen-bond acceptors (Lipinski definition) is 2. The lowest BCUT2D eigenvalue weighted by atomic mass is 10.1. The Morgan fingerprint density at radius 2 is 2.14 bits per heavy atom. The Bertz CT molecular complexity index is 345. The van der Waals surface area contributed by atoms with E-state index in [9.17, 15) is 4.79 Å². The molecule has 0 bridgehead atoms. The predicted molar refractivity (Wildman–Crippen MR) is 54.7 cm³/mol. The summed E-state index contributed by atoms with van der Waals surface area (Å²) in [4.78, 5) is 15.0. The number of aryl methyl sites for hydroxylation is 1. The van der Waals surface area contributed by atoms with Crippen molar-refractivity contribution in [1.29, 1.82) is 0 Å². The first-order chi connectivity index (χ1) is 6.56. The summed E-state index contributed by atoms with van der Waals surface area (Å²) in [5.41, 5.74) is 1.82. The maximum Gasteiger partial charge on any atom is 0.354 e. The van der Waals surface area contributed by atoms with E-state index in [0.717, 1.165) is 11.3 Å². The van der Waals surface area contributed by atoms with Crippen LogP contribution < -0.4 is 0 Å². The first-order valence-corrected chi connectivity index (χ1v) is 4.79. The van der Waals surface area contributed by atoms with Crippen LogP contribution in [0, 0.1) is 0 Å². The fourth-order valence-corrected chi connectivity index (χ4v) is 1.30. The van der Waals surface area contributed by atoms with Crippen LogP contribution in [0.4, 0.5) is 0 Å². The lowest BCUT2D eigenvalue weighted by Crippen LogP contribution is -2.08. The molecule has 0 aliphatic carbocycles. The van der Waals surface area contributed by atoms with E-state index in [2.05, 4.69) is 4.98 Å². The SMILES string of the molecule is CCc1ccc(C(C)C)nc1C(=O)O. The molecule has 0 amide bonds. The monoisotopic (exact) mass is 193 g/mol. The maximum absolute atomic E-state index is 10.9. The van der Waals surface area contributed by atoms with Crippen molar-refractivity contribution in [2.24, 2.45) is 0 Å². The van der Waals surface area contributed by atoms with Gasteiger partial charge in [0, 0.05) is 5.69 Å². The second-order valence-corrected chi connectivity index (χ2v) is 3.56. The van der Waals surface area contributed by atoms with Crippen LogP contribution in [0.1, 0.15) is 48.4 Å². The Labute approximate surface area is 83.8 Å². The summed E-state index contributed by atoms with van der Waals surface area (Å²) in [5.74, 6) is -0.677. The van der Waals surface area contributed by atoms with Gasteiger partial charge in [-0.15, -0.1) is 0 Å². The van der Waals surface area contributed by atoms with Crippen LogP contribution in [0.2, 0.25) is 0 Å². The van der Waals surface area contributed by atoms with Crippen molar-refractivity contribution in [3.05, 3.63) is 29.1 Å². The standard InChI is InChI=1S/C11H15NO2/c1-4-8-5-6-9(7(2)3)12-10(8)11(13)14/h5-7H,4H2,1-3H3,(H,13,14). The quantitative estimate of drug-likeness (QED) is 0.802. The third-order valence-electron chi connectivity index (χ3n) is 2.18. The van der Waals surface area contributed by atoms with Crippen molar-refractivity contribution in [2.45, 2.75) is 33.1 Å². The highest BCUT2D eigenvalue weighted by molar-refractivity contribution is 5.87. The molecular formula is C11H15NO2. The number of rotatable bonds is 3. The largest absolute Gasteiger partial charge is 0.477 e. The predicted octanol–water partition coefficient (Wildman–Crippen LogP) is 2.47. The zero-order chi connectivity index (χ0) is 10.7. The summed E-state index contributed by atoms with van der Waals surface area (Å²) in [5, 5.41) is 8.94. The molecule has 0 aromatic carbocycles. The van der Waals surface area contributed by atoms with Crippen molar-refractivity contribution in [3.8, 4) is 0 Å². The lowest BCUT2D eigenvalue weighted by Gasteiger charge is -2.08. The summed E-state index contributed by atoms with van der Waals surface area (Å²) in [6.45, 7) is 5.93. The third-order valence-corrected chi connectivity index (χ3v) is 2.18. The van der Waals surface area contributed by atoms with E-state index < -0.39 is 5.97 Å². The number of hydrogen-bond donors (Lipinski definition) is 1. The Morgan fingerprint density at radius 3 is 2.57 bits per heavy atom. The molecule has 0 spiro atoms. The number of nitrogens with zero attached hydrogens (tertiary/aromatic N) is 1. The number of aromatic carboxylic acids is 1. The topological polar surface area (TPSA) is 50.2 Å². The molecule has 0 aliphatic heterocycles. The van der Waals surface area contributed by atoms with E-state index in [-0.39, 0.29) is 11.6 Å². The van der Waals surface area contributed by atoms with Crippen LogP contribution in [-0.2, 0) is 6.42 Å². The van der Waals surface area contributed by atoms with Gasteiger partial charge in [-0.2, -0.15) is 0 Å². The van der Waals surface area contributed by atoms with Gasteiger partial charge in [0.1, 0.15) is 0 Å². The Balaban J connectivity index is 3.21. The van der Waals surface area contributed by atoms with Crippen LogP contribution in [0.15, 0.2) is 12.1 Å². The van der Waals surface area contributed by atoms with Gasteiger partial charge in [0.15, 0.2) is 5.69 Å². The molecule has 1 heterocycles. The van der Waals surface area contributed by atoms with Crippen molar-refractivity contribution < 1.29 is 9.90 Å². The molecule has 0 aliphatic rings.